The fraction of sp³-hybridized carbons (Fsp3) is 0. The molecule has 1 aromatic heterocycles. The Morgan fingerprint density at radius 2 is 2.07 bits per heavy atom. The van der Waals surface area contributed by atoms with Gasteiger partial charge in [0.2, 0.25) is 0 Å². The van der Waals surface area contributed by atoms with Crippen molar-refractivity contribution in [1.82, 2.24) is 10.2 Å². The second-order valence-electron chi connectivity index (χ2n) is 2.74. The number of halogens is 1. The Labute approximate surface area is 84.1 Å². The summed E-state index contributed by atoms with van der Waals surface area (Å²) in [5, 5.41) is 17.2. The van der Waals surface area contributed by atoms with E-state index in [4.69, 9.17) is 16.7 Å². The van der Waals surface area contributed by atoms with Gasteiger partial charge in [0.05, 0.1) is 5.52 Å². The molecular weight excluding hydrogens is 204 g/mol. The largest absolute Gasteiger partial charge is 0.476 e. The maximum Gasteiger partial charge on any atom is 0.356 e. The Hall–Kier alpha value is -1.68. The molecule has 0 unspecified atom stereocenters. The van der Waals surface area contributed by atoms with Gasteiger partial charge in [0.15, 0.2) is 5.69 Å². The van der Waals surface area contributed by atoms with Crippen molar-refractivity contribution in [2.45, 2.75) is 0 Å². The van der Waals surface area contributed by atoms with Crippen LogP contribution in [0.5, 0.6) is 0 Å². The number of nitrogens with zero attached hydrogens (tertiary/aromatic N) is 2. The highest BCUT2D eigenvalue weighted by molar-refractivity contribution is 6.31. The zero-order chi connectivity index (χ0) is 10.1. The molecule has 1 heterocycles. The number of carbonyl (C=O) groups is 1. The van der Waals surface area contributed by atoms with Crippen molar-refractivity contribution in [1.29, 1.82) is 0 Å². The van der Waals surface area contributed by atoms with Crippen LogP contribution >= 0.6 is 11.6 Å². The van der Waals surface area contributed by atoms with E-state index in [9.17, 15) is 4.79 Å². The third-order valence-electron chi connectivity index (χ3n) is 1.77. The van der Waals surface area contributed by atoms with Gasteiger partial charge in [-0.15, -0.1) is 10.2 Å². The molecule has 0 aliphatic carbocycles. The summed E-state index contributed by atoms with van der Waals surface area (Å²) in [6.45, 7) is 0. The number of benzene rings is 1. The van der Waals surface area contributed by atoms with E-state index in [1.54, 1.807) is 18.2 Å². The van der Waals surface area contributed by atoms with E-state index in [2.05, 4.69) is 10.2 Å². The van der Waals surface area contributed by atoms with Crippen LogP contribution < -0.4 is 0 Å². The number of fused-ring (bicyclic) bond motifs is 1. The SMILES string of the molecule is O=C(O)c1cc2cc(Cl)ccc2nn1. The van der Waals surface area contributed by atoms with Gasteiger partial charge in [0, 0.05) is 10.4 Å². The van der Waals surface area contributed by atoms with Crippen molar-refractivity contribution in [2.75, 3.05) is 0 Å². The molecule has 70 valence electrons. The number of carboxylic acid groups (broad SMARTS) is 1. The van der Waals surface area contributed by atoms with Crippen LogP contribution in [0.2, 0.25) is 5.02 Å². The number of hydrogen-bond donors (Lipinski definition) is 1. The molecule has 1 N–H and O–H groups in total. The number of carboxylic acids is 1. The van der Waals surface area contributed by atoms with Gasteiger partial charge in [-0.2, -0.15) is 0 Å². The molecule has 0 saturated heterocycles. The minimum absolute atomic E-state index is 0.0835. The molecule has 0 atom stereocenters. The molecule has 0 amide bonds. The summed E-state index contributed by atoms with van der Waals surface area (Å²) in [6, 6.07) is 6.46. The van der Waals surface area contributed by atoms with E-state index in [1.807, 2.05) is 0 Å². The first-order valence-electron chi connectivity index (χ1n) is 3.83. The summed E-state index contributed by atoms with van der Waals surface area (Å²) in [5.41, 5.74) is 0.541. The summed E-state index contributed by atoms with van der Waals surface area (Å²) in [6.07, 6.45) is 0. The summed E-state index contributed by atoms with van der Waals surface area (Å²) >= 11 is 5.75. The molecule has 2 aromatic rings. The fourth-order valence-electron chi connectivity index (χ4n) is 1.12. The molecule has 1 aromatic carbocycles. The van der Waals surface area contributed by atoms with Gasteiger partial charge < -0.3 is 5.11 Å². The lowest BCUT2D eigenvalue weighted by atomic mass is 10.2. The van der Waals surface area contributed by atoms with E-state index >= 15 is 0 Å². The Balaban J connectivity index is 2.69. The molecular formula is C9H5ClN2O2. The Morgan fingerprint density at radius 3 is 2.79 bits per heavy atom. The predicted molar refractivity (Wildman–Crippen MR) is 51.5 cm³/mol. The smallest absolute Gasteiger partial charge is 0.356 e. The summed E-state index contributed by atoms with van der Waals surface area (Å²) in [5.74, 6) is -1.10. The van der Waals surface area contributed by atoms with Crippen LogP contribution in [-0.4, -0.2) is 21.3 Å². The molecule has 0 radical (unpaired) electrons. The summed E-state index contributed by atoms with van der Waals surface area (Å²) in [4.78, 5) is 10.6. The zero-order valence-electron chi connectivity index (χ0n) is 6.94. The Kier molecular flexibility index (Phi) is 2.05. The molecule has 0 saturated carbocycles. The standard InChI is InChI=1S/C9H5ClN2O2/c10-6-1-2-7-5(3-6)4-8(9(13)14)12-11-7/h1-4H,(H,13,14). The van der Waals surface area contributed by atoms with Crippen LogP contribution in [0.15, 0.2) is 24.3 Å². The van der Waals surface area contributed by atoms with Crippen molar-refractivity contribution in [3.05, 3.63) is 35.0 Å². The number of aromatic nitrogens is 2. The lowest BCUT2D eigenvalue weighted by molar-refractivity contribution is 0.0689. The van der Waals surface area contributed by atoms with Gasteiger partial charge in [-0.1, -0.05) is 11.6 Å². The maximum atomic E-state index is 10.6. The predicted octanol–water partition coefficient (Wildman–Crippen LogP) is 1.98. The van der Waals surface area contributed by atoms with Crippen LogP contribution in [0.4, 0.5) is 0 Å². The van der Waals surface area contributed by atoms with Crippen LogP contribution in [-0.2, 0) is 0 Å². The zero-order valence-corrected chi connectivity index (χ0v) is 7.69. The van der Waals surface area contributed by atoms with Gasteiger partial charge in [0.25, 0.3) is 0 Å². The van der Waals surface area contributed by atoms with Gasteiger partial charge in [-0.25, -0.2) is 4.79 Å². The number of hydrogen-bond acceptors (Lipinski definition) is 3. The maximum absolute atomic E-state index is 10.6. The van der Waals surface area contributed by atoms with E-state index in [-0.39, 0.29) is 5.69 Å². The van der Waals surface area contributed by atoms with Crippen LogP contribution in [0, 0.1) is 0 Å². The van der Waals surface area contributed by atoms with E-state index in [1.165, 1.54) is 6.07 Å². The van der Waals surface area contributed by atoms with E-state index in [0.717, 1.165) is 0 Å². The Morgan fingerprint density at radius 1 is 1.29 bits per heavy atom. The highest BCUT2D eigenvalue weighted by Crippen LogP contribution is 2.17. The topological polar surface area (TPSA) is 63.1 Å². The van der Waals surface area contributed by atoms with Crippen LogP contribution in [0.25, 0.3) is 10.9 Å². The van der Waals surface area contributed by atoms with Crippen molar-refractivity contribution in [2.24, 2.45) is 0 Å². The molecule has 5 heteroatoms. The van der Waals surface area contributed by atoms with Crippen molar-refractivity contribution in [3.63, 3.8) is 0 Å². The van der Waals surface area contributed by atoms with Gasteiger partial charge in [0.1, 0.15) is 0 Å². The third-order valence-corrected chi connectivity index (χ3v) is 2.00. The van der Waals surface area contributed by atoms with Crippen molar-refractivity contribution in [3.8, 4) is 0 Å². The lowest BCUT2D eigenvalue weighted by Crippen LogP contribution is -2.01. The molecule has 0 fully saturated rings. The van der Waals surface area contributed by atoms with E-state index in [0.29, 0.717) is 15.9 Å². The second-order valence-corrected chi connectivity index (χ2v) is 3.17. The highest BCUT2D eigenvalue weighted by atomic mass is 35.5. The highest BCUT2D eigenvalue weighted by Gasteiger charge is 2.06. The van der Waals surface area contributed by atoms with Crippen molar-refractivity contribution >= 4 is 28.5 Å². The fourth-order valence-corrected chi connectivity index (χ4v) is 1.30. The molecule has 0 aliphatic heterocycles. The van der Waals surface area contributed by atoms with Gasteiger partial charge in [-0.3, -0.25) is 0 Å². The first-order valence-corrected chi connectivity index (χ1v) is 4.21. The molecule has 0 spiro atoms. The Bertz CT molecular complexity index is 513. The first-order chi connectivity index (χ1) is 6.66. The molecule has 0 aliphatic rings. The minimum Gasteiger partial charge on any atom is -0.476 e. The van der Waals surface area contributed by atoms with E-state index < -0.39 is 5.97 Å². The summed E-state index contributed by atoms with van der Waals surface area (Å²) < 4.78 is 0. The average molecular weight is 209 g/mol. The third kappa shape index (κ3) is 1.52. The normalized spacial score (nSPS) is 10.4. The van der Waals surface area contributed by atoms with Crippen LogP contribution in [0.1, 0.15) is 10.5 Å². The first kappa shape index (κ1) is 8.90. The molecule has 2 rings (SSSR count). The lowest BCUT2D eigenvalue weighted by Gasteiger charge is -1.97. The molecule has 14 heavy (non-hydrogen) atoms. The average Bonchev–Trinajstić information content (AvgIpc) is 2.16. The number of aromatic carboxylic acids is 1. The minimum atomic E-state index is -1.10. The van der Waals surface area contributed by atoms with Crippen molar-refractivity contribution < 1.29 is 9.90 Å². The summed E-state index contributed by atoms with van der Waals surface area (Å²) in [7, 11) is 0. The van der Waals surface area contributed by atoms with Gasteiger partial charge >= 0.3 is 5.97 Å². The van der Waals surface area contributed by atoms with Gasteiger partial charge in [-0.05, 0) is 24.3 Å². The number of rotatable bonds is 1. The van der Waals surface area contributed by atoms with Crippen LogP contribution in [0.3, 0.4) is 0 Å². The molecule has 0 bridgehead atoms. The molecule has 4 nitrogen and oxygen atoms in total. The monoisotopic (exact) mass is 208 g/mol. The second kappa shape index (κ2) is 3.23. The quantitative estimate of drug-likeness (QED) is 0.779.